The van der Waals surface area contributed by atoms with Crippen molar-refractivity contribution in [2.24, 2.45) is 0 Å². The summed E-state index contributed by atoms with van der Waals surface area (Å²) < 4.78 is 31.0. The summed E-state index contributed by atoms with van der Waals surface area (Å²) in [5, 5.41) is 6.69. The van der Waals surface area contributed by atoms with Crippen molar-refractivity contribution >= 4 is 5.91 Å². The first-order valence-electron chi connectivity index (χ1n) is 8.76. The highest BCUT2D eigenvalue weighted by Gasteiger charge is 2.16. The first-order chi connectivity index (χ1) is 14.1. The van der Waals surface area contributed by atoms with Gasteiger partial charge in [-0.3, -0.25) is 4.79 Å². The van der Waals surface area contributed by atoms with Crippen LogP contribution in [0.3, 0.4) is 0 Å². The molecule has 29 heavy (non-hydrogen) atoms. The molecule has 0 bridgehead atoms. The quantitative estimate of drug-likeness (QED) is 0.515. The molecule has 4 rings (SSSR count). The molecule has 0 aliphatic heterocycles. The Morgan fingerprint density at radius 1 is 1.28 bits per heavy atom. The third-order valence-corrected chi connectivity index (χ3v) is 4.24. The van der Waals surface area contributed by atoms with Gasteiger partial charge in [-0.25, -0.2) is 4.39 Å². The van der Waals surface area contributed by atoms with Crippen LogP contribution < -0.4 is 10.1 Å². The smallest absolute Gasteiger partial charge is 0.274 e. The third kappa shape index (κ3) is 4.03. The fraction of sp³-hybridized carbons (Fsp3) is 0.150. The molecule has 0 radical (unpaired) electrons. The van der Waals surface area contributed by atoms with Crippen LogP contribution in [0, 0.1) is 5.82 Å². The van der Waals surface area contributed by atoms with E-state index in [1.807, 2.05) is 0 Å². The van der Waals surface area contributed by atoms with Gasteiger partial charge in [0.25, 0.3) is 5.89 Å². The molecular weight excluding hydrogens is 379 g/mol. The van der Waals surface area contributed by atoms with Crippen molar-refractivity contribution in [3.8, 4) is 28.7 Å². The second-order valence-corrected chi connectivity index (χ2v) is 6.15. The number of hydrogen-bond donors (Lipinski definition) is 1. The van der Waals surface area contributed by atoms with Crippen LogP contribution in [0.25, 0.3) is 23.0 Å². The Morgan fingerprint density at radius 3 is 2.93 bits per heavy atom. The molecule has 1 aromatic carbocycles. The highest BCUT2D eigenvalue weighted by atomic mass is 19.1. The molecule has 148 valence electrons. The molecule has 9 heteroatoms. The molecule has 1 N–H and O–H groups in total. The molecule has 0 fully saturated rings. The second-order valence-electron chi connectivity index (χ2n) is 6.15. The Balaban J connectivity index is 1.48. The third-order valence-electron chi connectivity index (χ3n) is 4.24. The Bertz CT molecular complexity index is 1120. The lowest BCUT2D eigenvalue weighted by atomic mass is 10.2. The van der Waals surface area contributed by atoms with E-state index >= 15 is 0 Å². The summed E-state index contributed by atoms with van der Waals surface area (Å²) in [6.07, 6.45) is 3.28. The number of nitrogens with one attached hydrogen (secondary N) is 1. The van der Waals surface area contributed by atoms with Gasteiger partial charge >= 0.3 is 0 Å². The fourth-order valence-electron chi connectivity index (χ4n) is 2.81. The zero-order chi connectivity index (χ0) is 20.2. The topological polar surface area (TPSA) is 95.3 Å². The van der Waals surface area contributed by atoms with Crippen LogP contribution in [-0.4, -0.2) is 27.7 Å². The van der Waals surface area contributed by atoms with Crippen molar-refractivity contribution in [2.75, 3.05) is 7.11 Å². The number of hydrogen-bond acceptors (Lipinski definition) is 6. The van der Waals surface area contributed by atoms with E-state index in [0.29, 0.717) is 23.6 Å². The van der Waals surface area contributed by atoms with E-state index in [-0.39, 0.29) is 29.9 Å². The number of rotatable bonds is 7. The summed E-state index contributed by atoms with van der Waals surface area (Å²) in [7, 11) is 1.39. The molecule has 3 aromatic heterocycles. The Labute approximate surface area is 164 Å². The lowest BCUT2D eigenvalue weighted by Gasteiger charge is -2.07. The Morgan fingerprint density at radius 2 is 2.17 bits per heavy atom. The minimum absolute atomic E-state index is 0.0674. The summed E-state index contributed by atoms with van der Waals surface area (Å²) in [5.41, 5.74) is 1.03. The number of benzene rings is 1. The van der Waals surface area contributed by atoms with Crippen molar-refractivity contribution in [3.63, 3.8) is 0 Å². The largest absolute Gasteiger partial charge is 0.494 e. The zero-order valence-electron chi connectivity index (χ0n) is 15.5. The average molecular weight is 396 g/mol. The first kappa shape index (κ1) is 18.5. The van der Waals surface area contributed by atoms with Gasteiger partial charge in [0.05, 0.1) is 19.9 Å². The van der Waals surface area contributed by atoms with Crippen molar-refractivity contribution < 1.29 is 22.9 Å². The Hall–Kier alpha value is -3.88. The highest BCUT2D eigenvalue weighted by molar-refractivity contribution is 5.76. The minimum atomic E-state index is -0.520. The summed E-state index contributed by atoms with van der Waals surface area (Å²) in [6, 6.07) is 11.5. The van der Waals surface area contributed by atoms with Gasteiger partial charge in [-0.15, -0.1) is 0 Å². The molecule has 0 unspecified atom stereocenters. The number of ether oxygens (including phenoxy) is 1. The van der Waals surface area contributed by atoms with Crippen molar-refractivity contribution in [2.45, 2.75) is 13.1 Å². The van der Waals surface area contributed by atoms with Gasteiger partial charge in [0.1, 0.15) is 18.0 Å². The lowest BCUT2D eigenvalue weighted by molar-refractivity contribution is -0.121. The molecule has 8 nitrogen and oxygen atoms in total. The van der Waals surface area contributed by atoms with E-state index in [1.165, 1.54) is 19.2 Å². The maximum Gasteiger partial charge on any atom is 0.274 e. The first-order valence-corrected chi connectivity index (χ1v) is 8.76. The molecule has 0 aliphatic rings. The average Bonchev–Trinajstić information content (AvgIpc) is 3.47. The van der Waals surface area contributed by atoms with E-state index < -0.39 is 5.82 Å². The van der Waals surface area contributed by atoms with Gasteiger partial charge in [-0.05, 0) is 42.5 Å². The highest BCUT2D eigenvalue weighted by Crippen LogP contribution is 2.26. The molecule has 3 heterocycles. The number of aromatic nitrogens is 3. The van der Waals surface area contributed by atoms with Gasteiger partial charge < -0.3 is 23.6 Å². The van der Waals surface area contributed by atoms with Crippen LogP contribution in [0.2, 0.25) is 0 Å². The number of methoxy groups -OCH3 is 1. The molecule has 0 saturated heterocycles. The van der Waals surface area contributed by atoms with Crippen molar-refractivity contribution in [1.29, 1.82) is 0 Å². The summed E-state index contributed by atoms with van der Waals surface area (Å²) in [5.74, 6) is 0.534. The van der Waals surface area contributed by atoms with Crippen LogP contribution in [0.4, 0.5) is 4.39 Å². The van der Waals surface area contributed by atoms with E-state index in [0.717, 1.165) is 0 Å². The van der Waals surface area contributed by atoms with Gasteiger partial charge in [0.15, 0.2) is 11.6 Å². The van der Waals surface area contributed by atoms with Crippen molar-refractivity contribution in [1.82, 2.24) is 20.0 Å². The SMILES string of the molecule is COc1ccc(-c2noc(-c3cccn3CC(=O)NCc3ccco3)n2)cc1F. The predicted octanol–water partition coefficient (Wildman–Crippen LogP) is 3.26. The molecule has 0 atom stereocenters. The van der Waals surface area contributed by atoms with Crippen LogP contribution in [0.5, 0.6) is 5.75 Å². The van der Waals surface area contributed by atoms with E-state index in [1.54, 1.807) is 47.4 Å². The number of nitrogens with zero attached hydrogens (tertiary/aromatic N) is 3. The van der Waals surface area contributed by atoms with E-state index in [4.69, 9.17) is 13.7 Å². The van der Waals surface area contributed by atoms with Gasteiger partial charge in [0, 0.05) is 11.8 Å². The lowest BCUT2D eigenvalue weighted by Crippen LogP contribution is -2.26. The van der Waals surface area contributed by atoms with Crippen LogP contribution in [0.1, 0.15) is 5.76 Å². The molecule has 1 amide bonds. The minimum Gasteiger partial charge on any atom is -0.494 e. The van der Waals surface area contributed by atoms with Gasteiger partial charge in [-0.2, -0.15) is 4.98 Å². The van der Waals surface area contributed by atoms with Gasteiger partial charge in [0.2, 0.25) is 11.7 Å². The van der Waals surface area contributed by atoms with E-state index in [9.17, 15) is 9.18 Å². The number of carbonyl (C=O) groups excluding carboxylic acids is 1. The van der Waals surface area contributed by atoms with Crippen LogP contribution in [0.15, 0.2) is 63.9 Å². The molecule has 4 aromatic rings. The summed E-state index contributed by atoms with van der Waals surface area (Å²) >= 11 is 0. The van der Waals surface area contributed by atoms with Crippen LogP contribution in [-0.2, 0) is 17.9 Å². The van der Waals surface area contributed by atoms with Gasteiger partial charge in [-0.1, -0.05) is 5.16 Å². The normalized spacial score (nSPS) is 10.8. The van der Waals surface area contributed by atoms with Crippen molar-refractivity contribution in [3.05, 3.63) is 66.5 Å². The second kappa shape index (κ2) is 8.01. The molecule has 0 saturated carbocycles. The summed E-state index contributed by atoms with van der Waals surface area (Å²) in [6.45, 7) is 0.369. The molecular formula is C20H17FN4O4. The maximum absolute atomic E-state index is 13.9. The maximum atomic E-state index is 13.9. The zero-order valence-corrected chi connectivity index (χ0v) is 15.5. The predicted molar refractivity (Wildman–Crippen MR) is 100 cm³/mol. The number of furan rings is 1. The fourth-order valence-corrected chi connectivity index (χ4v) is 2.81. The number of carbonyl (C=O) groups is 1. The Kier molecular flexibility index (Phi) is 5.10. The standard InChI is InChI=1S/C20H17FN4O4/c1-27-17-7-6-13(10-15(17)21)19-23-20(29-24-19)16-5-2-8-25(16)12-18(26)22-11-14-4-3-9-28-14/h2-10H,11-12H2,1H3,(H,22,26). The molecule has 0 aliphatic carbocycles. The summed E-state index contributed by atoms with van der Waals surface area (Å²) in [4.78, 5) is 16.5. The van der Waals surface area contributed by atoms with Crippen LogP contribution >= 0.6 is 0 Å². The monoisotopic (exact) mass is 396 g/mol. The number of halogens is 1. The van der Waals surface area contributed by atoms with E-state index in [2.05, 4.69) is 15.5 Å². The number of amides is 1. The molecule has 0 spiro atoms.